The Morgan fingerprint density at radius 1 is 1.11 bits per heavy atom. The number of piperazine rings is 1. The first kappa shape index (κ1) is 20.0. The number of hydrogen-bond donors (Lipinski definition) is 0. The Labute approximate surface area is 162 Å². The smallest absolute Gasteiger partial charge is 0.243 e. The van der Waals surface area contributed by atoms with Crippen molar-refractivity contribution in [2.24, 2.45) is 7.05 Å². The minimum Gasteiger partial charge on any atom is -0.296 e. The lowest BCUT2D eigenvalue weighted by Crippen LogP contribution is -2.48. The van der Waals surface area contributed by atoms with Gasteiger partial charge in [0, 0.05) is 51.0 Å². The van der Waals surface area contributed by atoms with E-state index in [1.54, 1.807) is 16.4 Å². The van der Waals surface area contributed by atoms with Crippen LogP contribution in [0.1, 0.15) is 43.0 Å². The first-order valence-corrected chi connectivity index (χ1v) is 11.1. The van der Waals surface area contributed by atoms with Crippen molar-refractivity contribution in [2.75, 3.05) is 26.2 Å². The summed E-state index contributed by atoms with van der Waals surface area (Å²) in [6.45, 7) is 9.69. The van der Waals surface area contributed by atoms with Crippen molar-refractivity contribution in [3.63, 3.8) is 0 Å². The maximum absolute atomic E-state index is 13.0. The average molecular weight is 391 g/mol. The van der Waals surface area contributed by atoms with E-state index < -0.39 is 10.0 Å². The summed E-state index contributed by atoms with van der Waals surface area (Å²) in [6, 6.07) is 7.40. The lowest BCUT2D eigenvalue weighted by atomic mass is 9.99. The summed E-state index contributed by atoms with van der Waals surface area (Å²) in [5, 5.41) is 4.28. The molecule has 1 saturated heterocycles. The number of rotatable bonds is 6. The number of aromatic nitrogens is 2. The summed E-state index contributed by atoms with van der Waals surface area (Å²) >= 11 is 0. The molecule has 1 fully saturated rings. The number of aryl methyl sites for hydroxylation is 1. The second kappa shape index (κ2) is 8.12. The molecule has 27 heavy (non-hydrogen) atoms. The SMILES string of the molecule is CCC(C)c1ccc(S(=O)(=O)N2CCN(Cc3cnn(C)c3C)CC2)cc1. The van der Waals surface area contributed by atoms with Crippen molar-refractivity contribution >= 4 is 10.0 Å². The molecule has 1 aromatic carbocycles. The maximum Gasteiger partial charge on any atom is 0.243 e. The zero-order chi connectivity index (χ0) is 19.6. The van der Waals surface area contributed by atoms with Crippen LogP contribution in [0.3, 0.4) is 0 Å². The van der Waals surface area contributed by atoms with Crippen LogP contribution in [0.2, 0.25) is 0 Å². The van der Waals surface area contributed by atoms with E-state index in [9.17, 15) is 8.42 Å². The summed E-state index contributed by atoms with van der Waals surface area (Å²) < 4.78 is 29.4. The van der Waals surface area contributed by atoms with E-state index in [-0.39, 0.29) is 0 Å². The highest BCUT2D eigenvalue weighted by atomic mass is 32.2. The molecule has 1 atom stereocenters. The minimum atomic E-state index is -3.42. The van der Waals surface area contributed by atoms with Crippen molar-refractivity contribution in [1.29, 1.82) is 0 Å². The molecule has 1 unspecified atom stereocenters. The molecule has 0 amide bonds. The molecule has 0 spiro atoms. The Bertz CT molecular complexity index is 866. The van der Waals surface area contributed by atoms with Gasteiger partial charge in [0.2, 0.25) is 10.0 Å². The van der Waals surface area contributed by atoms with Crippen LogP contribution >= 0.6 is 0 Å². The first-order valence-electron chi connectivity index (χ1n) is 9.63. The van der Waals surface area contributed by atoms with E-state index in [1.165, 1.54) is 11.1 Å². The second-order valence-corrected chi connectivity index (χ2v) is 9.38. The standard InChI is InChI=1S/C20H30N4O2S/c1-5-16(2)18-6-8-20(9-7-18)27(25,26)24-12-10-23(11-13-24)15-19-14-21-22(4)17(19)3/h6-9,14,16H,5,10-13,15H2,1-4H3. The van der Waals surface area contributed by atoms with Crippen LogP contribution in [0.15, 0.2) is 35.4 Å². The lowest BCUT2D eigenvalue weighted by Gasteiger charge is -2.34. The van der Waals surface area contributed by atoms with E-state index in [2.05, 4.69) is 30.8 Å². The fourth-order valence-corrected chi connectivity index (χ4v) is 4.84. The van der Waals surface area contributed by atoms with E-state index in [1.807, 2.05) is 30.1 Å². The van der Waals surface area contributed by atoms with Crippen LogP contribution < -0.4 is 0 Å². The zero-order valence-corrected chi connectivity index (χ0v) is 17.5. The van der Waals surface area contributed by atoms with Crippen molar-refractivity contribution in [1.82, 2.24) is 19.0 Å². The molecule has 0 bridgehead atoms. The highest BCUT2D eigenvalue weighted by Gasteiger charge is 2.28. The second-order valence-electron chi connectivity index (χ2n) is 7.44. The van der Waals surface area contributed by atoms with Crippen LogP contribution in [0, 0.1) is 6.92 Å². The van der Waals surface area contributed by atoms with Gasteiger partial charge in [0.1, 0.15) is 0 Å². The molecule has 1 aliphatic heterocycles. The molecule has 0 saturated carbocycles. The van der Waals surface area contributed by atoms with Crippen LogP contribution in [0.25, 0.3) is 0 Å². The molecule has 7 heteroatoms. The predicted molar refractivity (Wildman–Crippen MR) is 107 cm³/mol. The summed E-state index contributed by atoms with van der Waals surface area (Å²) in [7, 11) is -1.48. The Kier molecular flexibility index (Phi) is 6.03. The van der Waals surface area contributed by atoms with E-state index in [0.717, 1.165) is 31.7 Å². The maximum atomic E-state index is 13.0. The summed E-state index contributed by atoms with van der Waals surface area (Å²) in [6.07, 6.45) is 2.95. The van der Waals surface area contributed by atoms with Crippen LogP contribution in [0.4, 0.5) is 0 Å². The summed E-state index contributed by atoms with van der Waals surface area (Å²) in [5.41, 5.74) is 3.55. The Hall–Kier alpha value is -1.70. The molecule has 3 rings (SSSR count). The van der Waals surface area contributed by atoms with Crippen molar-refractivity contribution in [2.45, 2.75) is 44.6 Å². The molecule has 1 aliphatic rings. The number of sulfonamides is 1. The third-order valence-electron chi connectivity index (χ3n) is 5.76. The highest BCUT2D eigenvalue weighted by Crippen LogP contribution is 2.23. The molecule has 0 aliphatic carbocycles. The van der Waals surface area contributed by atoms with Gasteiger partial charge in [-0.15, -0.1) is 0 Å². The molecular weight excluding hydrogens is 360 g/mol. The van der Waals surface area contributed by atoms with Gasteiger partial charge in [-0.05, 0) is 37.0 Å². The Balaban J connectivity index is 1.63. The minimum absolute atomic E-state index is 0.395. The summed E-state index contributed by atoms with van der Waals surface area (Å²) in [5.74, 6) is 0.446. The van der Waals surface area contributed by atoms with Gasteiger partial charge in [0.25, 0.3) is 0 Å². The van der Waals surface area contributed by atoms with Crippen LogP contribution in [0.5, 0.6) is 0 Å². The third-order valence-corrected chi connectivity index (χ3v) is 7.67. The van der Waals surface area contributed by atoms with E-state index in [0.29, 0.717) is 23.9 Å². The predicted octanol–water partition coefficient (Wildman–Crippen LogP) is 2.75. The van der Waals surface area contributed by atoms with Gasteiger partial charge in [-0.25, -0.2) is 8.42 Å². The Morgan fingerprint density at radius 3 is 2.26 bits per heavy atom. The molecule has 2 aromatic rings. The molecular formula is C20H30N4O2S. The van der Waals surface area contributed by atoms with Gasteiger partial charge in [-0.3, -0.25) is 9.58 Å². The molecule has 0 radical (unpaired) electrons. The monoisotopic (exact) mass is 390 g/mol. The van der Waals surface area contributed by atoms with Crippen molar-refractivity contribution in [3.8, 4) is 0 Å². The van der Waals surface area contributed by atoms with Crippen molar-refractivity contribution in [3.05, 3.63) is 47.3 Å². The van der Waals surface area contributed by atoms with Crippen LogP contribution in [-0.2, 0) is 23.6 Å². The zero-order valence-electron chi connectivity index (χ0n) is 16.7. The summed E-state index contributed by atoms with van der Waals surface area (Å²) in [4.78, 5) is 2.69. The fourth-order valence-electron chi connectivity index (χ4n) is 3.42. The normalized spacial score (nSPS) is 17.9. The van der Waals surface area contributed by atoms with Gasteiger partial charge in [-0.1, -0.05) is 26.0 Å². The molecule has 0 N–H and O–H groups in total. The van der Waals surface area contributed by atoms with E-state index >= 15 is 0 Å². The highest BCUT2D eigenvalue weighted by molar-refractivity contribution is 7.89. The largest absolute Gasteiger partial charge is 0.296 e. The van der Waals surface area contributed by atoms with Gasteiger partial charge in [-0.2, -0.15) is 9.40 Å². The quantitative estimate of drug-likeness (QED) is 0.761. The van der Waals surface area contributed by atoms with Crippen LogP contribution in [-0.4, -0.2) is 53.6 Å². The number of benzene rings is 1. The van der Waals surface area contributed by atoms with Gasteiger partial charge in [0.15, 0.2) is 0 Å². The van der Waals surface area contributed by atoms with Crippen molar-refractivity contribution < 1.29 is 8.42 Å². The van der Waals surface area contributed by atoms with Gasteiger partial charge in [0.05, 0.1) is 11.1 Å². The molecule has 1 aromatic heterocycles. The van der Waals surface area contributed by atoms with E-state index in [4.69, 9.17) is 0 Å². The third kappa shape index (κ3) is 4.25. The molecule has 2 heterocycles. The fraction of sp³-hybridized carbons (Fsp3) is 0.550. The first-order chi connectivity index (χ1) is 12.8. The topological polar surface area (TPSA) is 58.4 Å². The van der Waals surface area contributed by atoms with Gasteiger partial charge < -0.3 is 0 Å². The lowest BCUT2D eigenvalue weighted by molar-refractivity contribution is 0.181. The van der Waals surface area contributed by atoms with Gasteiger partial charge >= 0.3 is 0 Å². The molecule has 6 nitrogen and oxygen atoms in total. The number of hydrogen-bond acceptors (Lipinski definition) is 4. The molecule has 148 valence electrons. The Morgan fingerprint density at radius 2 is 1.74 bits per heavy atom. The average Bonchev–Trinajstić information content (AvgIpc) is 3.00. The number of nitrogens with zero attached hydrogens (tertiary/aromatic N) is 4.